The first kappa shape index (κ1) is 26.4. The molecule has 2 nitrogen and oxygen atoms in total. The van der Waals surface area contributed by atoms with Crippen LogP contribution in [0.4, 0.5) is 0 Å². The molecule has 0 aromatic rings. The Morgan fingerprint density at radius 2 is 0.793 bits per heavy atom. The van der Waals surface area contributed by atoms with Gasteiger partial charge in [-0.1, -0.05) is 136 Å². The highest BCUT2D eigenvalue weighted by atomic mass is 16.7. The lowest BCUT2D eigenvalue weighted by atomic mass is 9.93. The second-order valence-electron chi connectivity index (χ2n) is 9.26. The highest BCUT2D eigenvalue weighted by Gasteiger charge is 2.24. The van der Waals surface area contributed by atoms with Gasteiger partial charge >= 0.3 is 0 Å². The minimum Gasteiger partial charge on any atom is -0.459 e. The fourth-order valence-corrected chi connectivity index (χ4v) is 4.50. The molecule has 1 heterocycles. The van der Waals surface area contributed by atoms with Crippen LogP contribution in [0, 0.1) is 5.92 Å². The summed E-state index contributed by atoms with van der Waals surface area (Å²) in [6, 6.07) is 0. The van der Waals surface area contributed by atoms with Crippen molar-refractivity contribution in [2.45, 2.75) is 155 Å². The fourth-order valence-electron chi connectivity index (χ4n) is 4.50. The van der Waals surface area contributed by atoms with Crippen molar-refractivity contribution in [1.29, 1.82) is 0 Å². The molecule has 1 aliphatic heterocycles. The van der Waals surface area contributed by atoms with Crippen molar-refractivity contribution in [1.82, 2.24) is 0 Å². The molecule has 1 rings (SSSR count). The van der Waals surface area contributed by atoms with E-state index in [0.29, 0.717) is 5.92 Å². The van der Waals surface area contributed by atoms with Crippen molar-refractivity contribution < 1.29 is 9.47 Å². The Kier molecular flexibility index (Phi) is 18.7. The van der Waals surface area contributed by atoms with Gasteiger partial charge in [0.15, 0.2) is 0 Å². The molecule has 0 amide bonds. The van der Waals surface area contributed by atoms with Gasteiger partial charge in [0.25, 0.3) is 0 Å². The zero-order chi connectivity index (χ0) is 20.8. The molecule has 0 radical (unpaired) electrons. The summed E-state index contributed by atoms with van der Waals surface area (Å²) in [5.41, 5.74) is 0. The second kappa shape index (κ2) is 20.6. The fraction of sp³-hybridized carbons (Fsp3) is 0.926. The van der Waals surface area contributed by atoms with Gasteiger partial charge in [-0.25, -0.2) is 0 Å². The monoisotopic (exact) mass is 408 g/mol. The van der Waals surface area contributed by atoms with Crippen molar-refractivity contribution in [2.24, 2.45) is 5.92 Å². The average molecular weight is 409 g/mol. The maximum atomic E-state index is 5.69. The molecule has 29 heavy (non-hydrogen) atoms. The summed E-state index contributed by atoms with van der Waals surface area (Å²) in [4.78, 5) is 0. The standard InChI is InChI=1S/C27H52O2/c1-3-5-7-9-11-13-14-15-17-19-21-23-26(27-28-24-25-29-27)22-20-18-16-12-10-8-6-4-2/h24-27H,3-23H2,1-2H3. The zero-order valence-electron chi connectivity index (χ0n) is 20.0. The number of hydrogen-bond donors (Lipinski definition) is 0. The van der Waals surface area contributed by atoms with Crippen LogP contribution in [0.3, 0.4) is 0 Å². The first-order chi connectivity index (χ1) is 14.4. The summed E-state index contributed by atoms with van der Waals surface area (Å²) in [5.74, 6) is 0.573. The summed E-state index contributed by atoms with van der Waals surface area (Å²) < 4.78 is 11.4. The van der Waals surface area contributed by atoms with Crippen molar-refractivity contribution in [3.05, 3.63) is 12.5 Å². The normalized spacial score (nSPS) is 14.8. The molecule has 0 saturated heterocycles. The Bertz CT molecular complexity index is 344. The van der Waals surface area contributed by atoms with Crippen molar-refractivity contribution in [2.75, 3.05) is 0 Å². The van der Waals surface area contributed by atoms with Crippen LogP contribution < -0.4 is 0 Å². The lowest BCUT2D eigenvalue weighted by Gasteiger charge is -2.22. The van der Waals surface area contributed by atoms with E-state index in [2.05, 4.69) is 13.8 Å². The van der Waals surface area contributed by atoms with Gasteiger partial charge in [0, 0.05) is 5.92 Å². The predicted molar refractivity (Wildman–Crippen MR) is 127 cm³/mol. The SMILES string of the molecule is CCCCCCCCCCCCCC(CCCCCCCCCC)C1OC=CO1. The molecule has 0 fully saturated rings. The van der Waals surface area contributed by atoms with Gasteiger partial charge in [-0.05, 0) is 12.8 Å². The van der Waals surface area contributed by atoms with Crippen LogP contribution >= 0.6 is 0 Å². The van der Waals surface area contributed by atoms with Crippen molar-refractivity contribution >= 4 is 0 Å². The Balaban J connectivity index is 1.99. The van der Waals surface area contributed by atoms with Gasteiger partial charge in [0.2, 0.25) is 6.29 Å². The van der Waals surface area contributed by atoms with E-state index in [1.165, 1.54) is 135 Å². The maximum absolute atomic E-state index is 5.69. The van der Waals surface area contributed by atoms with E-state index in [0.717, 1.165) is 0 Å². The summed E-state index contributed by atoms with van der Waals surface area (Å²) in [6.45, 7) is 4.58. The molecule has 0 spiro atoms. The van der Waals surface area contributed by atoms with Crippen LogP contribution in [0.15, 0.2) is 12.5 Å². The van der Waals surface area contributed by atoms with Gasteiger partial charge in [-0.3, -0.25) is 0 Å². The number of hydrogen-bond acceptors (Lipinski definition) is 2. The first-order valence-corrected chi connectivity index (χ1v) is 13.3. The Labute approximate surface area is 183 Å². The van der Waals surface area contributed by atoms with E-state index in [4.69, 9.17) is 9.47 Å². The Morgan fingerprint density at radius 3 is 1.14 bits per heavy atom. The molecule has 172 valence electrons. The highest BCUT2D eigenvalue weighted by molar-refractivity contribution is 4.76. The molecular formula is C27H52O2. The van der Waals surface area contributed by atoms with Gasteiger partial charge < -0.3 is 9.47 Å². The van der Waals surface area contributed by atoms with Crippen LogP contribution in [0.1, 0.15) is 149 Å². The smallest absolute Gasteiger partial charge is 0.242 e. The second-order valence-corrected chi connectivity index (χ2v) is 9.26. The maximum Gasteiger partial charge on any atom is 0.242 e. The quantitative estimate of drug-likeness (QED) is 0.166. The molecular weight excluding hydrogens is 356 g/mol. The number of unbranched alkanes of at least 4 members (excludes halogenated alkanes) is 17. The third kappa shape index (κ3) is 15.8. The Morgan fingerprint density at radius 1 is 0.483 bits per heavy atom. The molecule has 0 N–H and O–H groups in total. The zero-order valence-corrected chi connectivity index (χ0v) is 20.0. The molecule has 0 aliphatic carbocycles. The molecule has 0 saturated carbocycles. The average Bonchev–Trinajstić information content (AvgIpc) is 3.27. The Hall–Kier alpha value is -0.660. The van der Waals surface area contributed by atoms with E-state index in [1.807, 2.05) is 0 Å². The van der Waals surface area contributed by atoms with Gasteiger partial charge in [0.05, 0.1) is 0 Å². The third-order valence-corrected chi connectivity index (χ3v) is 6.47. The van der Waals surface area contributed by atoms with Crippen LogP contribution in [-0.4, -0.2) is 6.29 Å². The molecule has 1 atom stereocenters. The lowest BCUT2D eigenvalue weighted by molar-refractivity contribution is -0.0724. The summed E-state index contributed by atoms with van der Waals surface area (Å²) in [6.07, 6.45) is 32.6. The minimum atomic E-state index is -0.0114. The van der Waals surface area contributed by atoms with Crippen LogP contribution in [-0.2, 0) is 9.47 Å². The number of rotatable bonds is 22. The largest absolute Gasteiger partial charge is 0.459 e. The van der Waals surface area contributed by atoms with E-state index in [-0.39, 0.29) is 6.29 Å². The molecule has 0 aromatic heterocycles. The summed E-state index contributed by atoms with van der Waals surface area (Å²) in [5, 5.41) is 0. The van der Waals surface area contributed by atoms with Crippen LogP contribution in [0.5, 0.6) is 0 Å². The van der Waals surface area contributed by atoms with Crippen molar-refractivity contribution in [3.8, 4) is 0 Å². The molecule has 2 heteroatoms. The minimum absolute atomic E-state index is 0.0114. The van der Waals surface area contributed by atoms with E-state index < -0.39 is 0 Å². The molecule has 0 aromatic carbocycles. The third-order valence-electron chi connectivity index (χ3n) is 6.47. The highest BCUT2D eigenvalue weighted by Crippen LogP contribution is 2.27. The van der Waals surface area contributed by atoms with Gasteiger partial charge in [-0.15, -0.1) is 0 Å². The van der Waals surface area contributed by atoms with E-state index in [9.17, 15) is 0 Å². The number of ether oxygens (including phenoxy) is 2. The summed E-state index contributed by atoms with van der Waals surface area (Å²) >= 11 is 0. The topological polar surface area (TPSA) is 18.5 Å². The van der Waals surface area contributed by atoms with Crippen LogP contribution in [0.25, 0.3) is 0 Å². The van der Waals surface area contributed by atoms with Gasteiger partial charge in [-0.2, -0.15) is 0 Å². The summed E-state index contributed by atoms with van der Waals surface area (Å²) in [7, 11) is 0. The first-order valence-electron chi connectivity index (χ1n) is 13.3. The van der Waals surface area contributed by atoms with Gasteiger partial charge in [0.1, 0.15) is 12.5 Å². The molecule has 0 bridgehead atoms. The van der Waals surface area contributed by atoms with E-state index >= 15 is 0 Å². The predicted octanol–water partition coefficient (Wildman–Crippen LogP) is 9.68. The van der Waals surface area contributed by atoms with Crippen molar-refractivity contribution in [3.63, 3.8) is 0 Å². The lowest BCUT2D eigenvalue weighted by Crippen LogP contribution is -2.21. The molecule has 1 aliphatic rings. The van der Waals surface area contributed by atoms with Crippen LogP contribution in [0.2, 0.25) is 0 Å². The molecule has 1 unspecified atom stereocenters. The van der Waals surface area contributed by atoms with E-state index in [1.54, 1.807) is 12.5 Å².